The molecular weight excluding hydrogens is 122 g/mol. The minimum atomic E-state index is 0.639. The van der Waals surface area contributed by atoms with Gasteiger partial charge in [-0.15, -0.1) is 0 Å². The van der Waals surface area contributed by atoms with Gasteiger partial charge in [-0.2, -0.15) is 0 Å². The predicted octanol–water partition coefficient (Wildman–Crippen LogP) is 1.50. The summed E-state index contributed by atoms with van der Waals surface area (Å²) >= 11 is 1.45. The van der Waals surface area contributed by atoms with Gasteiger partial charge in [0.15, 0.2) is 0 Å². The smallest absolute Gasteiger partial charge is 0.249 e. The third kappa shape index (κ3) is 2.69. The Kier molecular flexibility index (Phi) is 4.45. The fourth-order valence-corrected chi connectivity index (χ4v) is 0.610. The first-order valence-corrected chi connectivity index (χ1v) is 3.34. The predicted molar refractivity (Wildman–Crippen MR) is 38.2 cm³/mol. The van der Waals surface area contributed by atoms with Crippen molar-refractivity contribution in [2.24, 2.45) is 4.99 Å². The molecule has 0 unspecified atom stereocenters. The fourth-order valence-electron chi connectivity index (χ4n) is 0.263. The highest BCUT2D eigenvalue weighted by molar-refractivity contribution is 8.12. The zero-order valence-electron chi connectivity index (χ0n) is 5.05. The van der Waals surface area contributed by atoms with E-state index in [0.29, 0.717) is 5.23 Å². The standard InChI is InChI=1S/C5H9NOS/c1-4-6-5(7-2)8-3/h4H,1H2,2-3H3. The van der Waals surface area contributed by atoms with Crippen molar-refractivity contribution >= 4 is 17.0 Å². The monoisotopic (exact) mass is 131 g/mol. The third-order valence-corrected chi connectivity index (χ3v) is 1.17. The van der Waals surface area contributed by atoms with Gasteiger partial charge in [0.05, 0.1) is 7.11 Å². The molecule has 0 bridgehead atoms. The van der Waals surface area contributed by atoms with Gasteiger partial charge < -0.3 is 4.74 Å². The number of rotatable bonds is 1. The van der Waals surface area contributed by atoms with E-state index in [1.165, 1.54) is 18.0 Å². The summed E-state index contributed by atoms with van der Waals surface area (Å²) in [5, 5.41) is 0.639. The molecule has 0 atom stereocenters. The molecule has 0 aliphatic heterocycles. The summed E-state index contributed by atoms with van der Waals surface area (Å²) in [7, 11) is 1.58. The van der Waals surface area contributed by atoms with Crippen LogP contribution in [-0.4, -0.2) is 18.6 Å². The lowest BCUT2D eigenvalue weighted by molar-refractivity contribution is 0.416. The van der Waals surface area contributed by atoms with E-state index in [9.17, 15) is 0 Å². The maximum atomic E-state index is 4.78. The molecule has 46 valence electrons. The van der Waals surface area contributed by atoms with E-state index in [1.807, 2.05) is 6.26 Å². The number of hydrogen-bond acceptors (Lipinski definition) is 3. The van der Waals surface area contributed by atoms with Crippen molar-refractivity contribution in [2.45, 2.75) is 0 Å². The lowest BCUT2D eigenvalue weighted by Gasteiger charge is -1.95. The van der Waals surface area contributed by atoms with Gasteiger partial charge in [-0.25, -0.2) is 4.99 Å². The first kappa shape index (κ1) is 7.56. The molecule has 3 heteroatoms. The Morgan fingerprint density at radius 1 is 1.88 bits per heavy atom. The van der Waals surface area contributed by atoms with Crippen molar-refractivity contribution in [2.75, 3.05) is 13.4 Å². The highest BCUT2D eigenvalue weighted by atomic mass is 32.2. The molecule has 0 spiro atoms. The molecule has 8 heavy (non-hydrogen) atoms. The van der Waals surface area contributed by atoms with Crippen LogP contribution in [0.15, 0.2) is 17.8 Å². The summed E-state index contributed by atoms with van der Waals surface area (Å²) in [6.45, 7) is 3.42. The second kappa shape index (κ2) is 4.71. The van der Waals surface area contributed by atoms with Crippen LogP contribution in [0.1, 0.15) is 0 Å². The van der Waals surface area contributed by atoms with Gasteiger partial charge in [0, 0.05) is 6.20 Å². The number of nitrogens with zero attached hydrogens (tertiary/aromatic N) is 1. The van der Waals surface area contributed by atoms with Crippen LogP contribution < -0.4 is 0 Å². The Bertz CT molecular complexity index is 94.6. The molecule has 0 amide bonds. The summed E-state index contributed by atoms with van der Waals surface area (Å²) in [5.41, 5.74) is 0. The van der Waals surface area contributed by atoms with Crippen LogP contribution in [-0.2, 0) is 4.74 Å². The maximum Gasteiger partial charge on any atom is 0.249 e. The van der Waals surface area contributed by atoms with E-state index < -0.39 is 0 Å². The first-order valence-electron chi connectivity index (χ1n) is 2.11. The largest absolute Gasteiger partial charge is 0.476 e. The van der Waals surface area contributed by atoms with Crippen molar-refractivity contribution in [1.29, 1.82) is 0 Å². The van der Waals surface area contributed by atoms with Gasteiger partial charge in [0.1, 0.15) is 0 Å². The Labute approximate surface area is 53.6 Å². The highest BCUT2D eigenvalue weighted by Gasteiger charge is 1.87. The van der Waals surface area contributed by atoms with Crippen molar-refractivity contribution in [3.05, 3.63) is 12.8 Å². The summed E-state index contributed by atoms with van der Waals surface area (Å²) in [6.07, 6.45) is 3.35. The molecule has 2 nitrogen and oxygen atoms in total. The molecule has 0 N–H and O–H groups in total. The average Bonchev–Trinajstić information content (AvgIpc) is 1.83. The maximum absolute atomic E-state index is 4.78. The van der Waals surface area contributed by atoms with Crippen molar-refractivity contribution in [1.82, 2.24) is 0 Å². The minimum absolute atomic E-state index is 0.639. The SMILES string of the molecule is C=CN=C(OC)SC. The second-order valence-corrected chi connectivity index (χ2v) is 1.74. The van der Waals surface area contributed by atoms with Gasteiger partial charge in [-0.3, -0.25) is 0 Å². The molecular formula is C5H9NOS. The Hall–Kier alpha value is -0.440. The van der Waals surface area contributed by atoms with Gasteiger partial charge in [-0.1, -0.05) is 18.3 Å². The van der Waals surface area contributed by atoms with Crippen LogP contribution in [0, 0.1) is 0 Å². The zero-order valence-corrected chi connectivity index (χ0v) is 5.86. The van der Waals surface area contributed by atoms with E-state index in [-0.39, 0.29) is 0 Å². The van der Waals surface area contributed by atoms with Crippen LogP contribution in [0.5, 0.6) is 0 Å². The molecule has 0 saturated carbocycles. The molecule has 0 aliphatic rings. The Morgan fingerprint density at radius 2 is 2.50 bits per heavy atom. The quantitative estimate of drug-likeness (QED) is 0.397. The van der Waals surface area contributed by atoms with Crippen molar-refractivity contribution in [3.8, 4) is 0 Å². The molecule has 0 aliphatic carbocycles. The summed E-state index contributed by atoms with van der Waals surface area (Å²) in [5.74, 6) is 0. The van der Waals surface area contributed by atoms with Crippen LogP contribution in [0.4, 0.5) is 0 Å². The van der Waals surface area contributed by atoms with Crippen LogP contribution >= 0.6 is 11.8 Å². The lowest BCUT2D eigenvalue weighted by Crippen LogP contribution is -1.91. The summed E-state index contributed by atoms with van der Waals surface area (Å²) in [4.78, 5) is 3.78. The normalized spacial score (nSPS) is 11.0. The number of thioether (sulfide) groups is 1. The molecule has 0 fully saturated rings. The summed E-state index contributed by atoms with van der Waals surface area (Å²) in [6, 6.07) is 0. The van der Waals surface area contributed by atoms with Gasteiger partial charge in [0.2, 0.25) is 5.23 Å². The van der Waals surface area contributed by atoms with Crippen molar-refractivity contribution in [3.63, 3.8) is 0 Å². The van der Waals surface area contributed by atoms with Gasteiger partial charge >= 0.3 is 0 Å². The third-order valence-electron chi connectivity index (χ3n) is 0.546. The topological polar surface area (TPSA) is 21.6 Å². The second-order valence-electron chi connectivity index (χ2n) is 0.986. The van der Waals surface area contributed by atoms with Crippen LogP contribution in [0.25, 0.3) is 0 Å². The van der Waals surface area contributed by atoms with Gasteiger partial charge in [0.25, 0.3) is 0 Å². The lowest BCUT2D eigenvalue weighted by atomic mass is 11.0. The molecule has 0 aromatic carbocycles. The van der Waals surface area contributed by atoms with E-state index in [0.717, 1.165) is 0 Å². The molecule has 0 saturated heterocycles. The minimum Gasteiger partial charge on any atom is -0.476 e. The van der Waals surface area contributed by atoms with E-state index in [2.05, 4.69) is 11.6 Å². The Morgan fingerprint density at radius 3 is 2.62 bits per heavy atom. The van der Waals surface area contributed by atoms with Crippen LogP contribution in [0.3, 0.4) is 0 Å². The molecule has 0 rings (SSSR count). The average molecular weight is 131 g/mol. The highest BCUT2D eigenvalue weighted by Crippen LogP contribution is 1.97. The number of ether oxygens (including phenoxy) is 1. The van der Waals surface area contributed by atoms with E-state index in [1.54, 1.807) is 7.11 Å². The fraction of sp³-hybridized carbons (Fsp3) is 0.400. The molecule has 0 aromatic rings. The Balaban J connectivity index is 3.66. The van der Waals surface area contributed by atoms with E-state index in [4.69, 9.17) is 4.74 Å². The molecule has 0 radical (unpaired) electrons. The zero-order chi connectivity index (χ0) is 6.41. The summed E-state index contributed by atoms with van der Waals surface area (Å²) < 4.78 is 4.78. The molecule has 0 heterocycles. The van der Waals surface area contributed by atoms with E-state index >= 15 is 0 Å². The van der Waals surface area contributed by atoms with Gasteiger partial charge in [-0.05, 0) is 6.26 Å². The first-order chi connectivity index (χ1) is 3.85. The number of hydrogen-bond donors (Lipinski definition) is 0. The number of methoxy groups -OCH3 is 1. The number of aliphatic imine (C=N–C) groups is 1. The van der Waals surface area contributed by atoms with Crippen LogP contribution in [0.2, 0.25) is 0 Å². The molecule has 0 aromatic heterocycles. The van der Waals surface area contributed by atoms with Crippen molar-refractivity contribution < 1.29 is 4.74 Å².